The van der Waals surface area contributed by atoms with Gasteiger partial charge in [-0.3, -0.25) is 4.40 Å². The third-order valence-corrected chi connectivity index (χ3v) is 5.13. The van der Waals surface area contributed by atoms with Crippen LogP contribution in [-0.4, -0.2) is 74.0 Å². The fraction of sp³-hybridized carbons (Fsp3) is 0.389. The lowest BCUT2D eigenvalue weighted by atomic mass is 10.3. The summed E-state index contributed by atoms with van der Waals surface area (Å²) in [5, 5.41) is 8.15. The Morgan fingerprint density at radius 1 is 1.00 bits per heavy atom. The summed E-state index contributed by atoms with van der Waals surface area (Å²) in [7, 11) is 1.69. The van der Waals surface area contributed by atoms with Gasteiger partial charge in [0.15, 0.2) is 22.6 Å². The van der Waals surface area contributed by atoms with Gasteiger partial charge in [0.05, 0.1) is 12.9 Å². The summed E-state index contributed by atoms with van der Waals surface area (Å²) in [6.45, 7) is 4.82. The predicted molar refractivity (Wildman–Crippen MR) is 105 cm³/mol. The van der Waals surface area contributed by atoms with E-state index in [4.69, 9.17) is 4.74 Å². The van der Waals surface area contributed by atoms with Crippen LogP contribution in [0.4, 0.5) is 11.6 Å². The standard InChI is InChI=1S/C18H21N9O/c1-28-10-9-26-12-21-16-17(19-11-20-18(16)26)25-7-5-24(6-8-25)15-4-2-3-14-23-22-13-27(14)15/h2-4,11-13H,5-10H2,1H3. The van der Waals surface area contributed by atoms with E-state index in [1.807, 2.05) is 27.4 Å². The first kappa shape index (κ1) is 16.9. The summed E-state index contributed by atoms with van der Waals surface area (Å²) in [4.78, 5) is 18.1. The monoisotopic (exact) mass is 379 g/mol. The Balaban J connectivity index is 1.37. The van der Waals surface area contributed by atoms with E-state index in [2.05, 4.69) is 41.0 Å². The number of aromatic nitrogens is 7. The summed E-state index contributed by atoms with van der Waals surface area (Å²) in [5.41, 5.74) is 2.55. The second-order valence-corrected chi connectivity index (χ2v) is 6.72. The van der Waals surface area contributed by atoms with Crippen molar-refractivity contribution in [2.24, 2.45) is 0 Å². The number of imidazole rings is 1. The molecule has 1 aliphatic rings. The third-order valence-electron chi connectivity index (χ3n) is 5.13. The largest absolute Gasteiger partial charge is 0.383 e. The van der Waals surface area contributed by atoms with Crippen molar-refractivity contribution in [1.29, 1.82) is 0 Å². The lowest BCUT2D eigenvalue weighted by molar-refractivity contribution is 0.188. The minimum atomic E-state index is 0.623. The molecule has 0 bridgehead atoms. The zero-order valence-electron chi connectivity index (χ0n) is 15.6. The van der Waals surface area contributed by atoms with Crippen LogP contribution in [0.1, 0.15) is 0 Å². The van der Waals surface area contributed by atoms with Crippen molar-refractivity contribution in [3.63, 3.8) is 0 Å². The molecule has 10 nitrogen and oxygen atoms in total. The molecule has 0 spiro atoms. The van der Waals surface area contributed by atoms with E-state index in [1.165, 1.54) is 0 Å². The van der Waals surface area contributed by atoms with E-state index in [1.54, 1.807) is 19.8 Å². The normalized spacial score (nSPS) is 15.0. The second-order valence-electron chi connectivity index (χ2n) is 6.72. The van der Waals surface area contributed by atoms with Crippen molar-refractivity contribution in [3.05, 3.63) is 37.2 Å². The topological polar surface area (TPSA) is 89.5 Å². The van der Waals surface area contributed by atoms with E-state index in [0.717, 1.165) is 61.2 Å². The molecule has 0 aliphatic carbocycles. The van der Waals surface area contributed by atoms with Gasteiger partial charge in [0, 0.05) is 39.8 Å². The first-order valence-corrected chi connectivity index (χ1v) is 9.28. The Labute approximate surface area is 161 Å². The number of piperazine rings is 1. The van der Waals surface area contributed by atoms with E-state index >= 15 is 0 Å². The quantitative estimate of drug-likeness (QED) is 0.504. The van der Waals surface area contributed by atoms with Gasteiger partial charge >= 0.3 is 0 Å². The van der Waals surface area contributed by atoms with Crippen molar-refractivity contribution in [2.75, 3.05) is 49.7 Å². The van der Waals surface area contributed by atoms with E-state index < -0.39 is 0 Å². The van der Waals surface area contributed by atoms with Crippen LogP contribution < -0.4 is 9.80 Å². The first-order chi connectivity index (χ1) is 13.8. The second kappa shape index (κ2) is 7.04. The number of ether oxygens (including phenoxy) is 1. The maximum absolute atomic E-state index is 5.17. The van der Waals surface area contributed by atoms with Gasteiger partial charge in [-0.05, 0) is 12.1 Å². The van der Waals surface area contributed by atoms with Gasteiger partial charge < -0.3 is 19.1 Å². The Kier molecular flexibility index (Phi) is 4.24. The molecule has 0 unspecified atom stereocenters. The van der Waals surface area contributed by atoms with Gasteiger partial charge in [-0.2, -0.15) is 0 Å². The maximum atomic E-state index is 5.17. The van der Waals surface area contributed by atoms with Crippen LogP contribution >= 0.6 is 0 Å². The van der Waals surface area contributed by atoms with E-state index in [0.29, 0.717) is 6.61 Å². The Morgan fingerprint density at radius 3 is 2.71 bits per heavy atom. The highest BCUT2D eigenvalue weighted by Gasteiger charge is 2.23. The molecule has 0 atom stereocenters. The minimum Gasteiger partial charge on any atom is -0.383 e. The lowest BCUT2D eigenvalue weighted by Gasteiger charge is -2.36. The number of rotatable bonds is 5. The summed E-state index contributed by atoms with van der Waals surface area (Å²) < 4.78 is 9.20. The zero-order valence-corrected chi connectivity index (χ0v) is 15.6. The zero-order chi connectivity index (χ0) is 18.9. The van der Waals surface area contributed by atoms with Crippen LogP contribution in [0.3, 0.4) is 0 Å². The molecule has 1 aliphatic heterocycles. The van der Waals surface area contributed by atoms with Gasteiger partial charge in [0.25, 0.3) is 0 Å². The average molecular weight is 379 g/mol. The van der Waals surface area contributed by atoms with Crippen molar-refractivity contribution in [2.45, 2.75) is 6.54 Å². The number of pyridine rings is 1. The lowest BCUT2D eigenvalue weighted by Crippen LogP contribution is -2.47. The van der Waals surface area contributed by atoms with Gasteiger partial charge in [-0.1, -0.05) is 6.07 Å². The molecule has 144 valence electrons. The van der Waals surface area contributed by atoms with E-state index in [9.17, 15) is 0 Å². The Morgan fingerprint density at radius 2 is 1.86 bits per heavy atom. The smallest absolute Gasteiger partial charge is 0.165 e. The molecule has 1 saturated heterocycles. The highest BCUT2D eigenvalue weighted by Crippen LogP contribution is 2.24. The fourth-order valence-corrected chi connectivity index (χ4v) is 3.69. The molecule has 4 aromatic rings. The summed E-state index contributed by atoms with van der Waals surface area (Å²) in [6.07, 6.45) is 5.19. The van der Waals surface area contributed by atoms with Crippen molar-refractivity contribution < 1.29 is 4.74 Å². The molecular formula is C18H21N9O. The molecule has 0 saturated carbocycles. The third kappa shape index (κ3) is 2.82. The molecule has 5 rings (SSSR count). The number of anilines is 2. The molecule has 28 heavy (non-hydrogen) atoms. The maximum Gasteiger partial charge on any atom is 0.165 e. The van der Waals surface area contributed by atoms with Crippen LogP contribution in [-0.2, 0) is 11.3 Å². The number of hydrogen-bond donors (Lipinski definition) is 0. The predicted octanol–water partition coefficient (Wildman–Crippen LogP) is 0.842. The molecule has 0 radical (unpaired) electrons. The molecule has 5 heterocycles. The van der Waals surface area contributed by atoms with Crippen LogP contribution in [0.2, 0.25) is 0 Å². The van der Waals surface area contributed by atoms with Crippen LogP contribution in [0.25, 0.3) is 16.8 Å². The van der Waals surface area contributed by atoms with Gasteiger partial charge in [-0.15, -0.1) is 10.2 Å². The molecule has 0 aromatic carbocycles. The van der Waals surface area contributed by atoms with E-state index in [-0.39, 0.29) is 0 Å². The van der Waals surface area contributed by atoms with Crippen molar-refractivity contribution in [3.8, 4) is 0 Å². The minimum absolute atomic E-state index is 0.623. The van der Waals surface area contributed by atoms with Crippen LogP contribution in [0.5, 0.6) is 0 Å². The molecule has 10 heteroatoms. The molecule has 1 fully saturated rings. The summed E-state index contributed by atoms with van der Waals surface area (Å²) in [6, 6.07) is 6.09. The number of nitrogens with zero attached hydrogens (tertiary/aromatic N) is 9. The SMILES string of the molecule is COCCn1cnc2c(N3CCN(c4cccc5nncn45)CC3)ncnc21. The highest BCUT2D eigenvalue weighted by molar-refractivity contribution is 5.83. The first-order valence-electron chi connectivity index (χ1n) is 9.28. The van der Waals surface area contributed by atoms with Crippen molar-refractivity contribution in [1.82, 2.24) is 34.1 Å². The number of hydrogen-bond acceptors (Lipinski definition) is 8. The Hall–Kier alpha value is -3.27. The van der Waals surface area contributed by atoms with Crippen LogP contribution in [0, 0.1) is 0 Å². The van der Waals surface area contributed by atoms with Gasteiger partial charge in [0.2, 0.25) is 0 Å². The van der Waals surface area contributed by atoms with Crippen LogP contribution in [0.15, 0.2) is 37.2 Å². The Bertz CT molecular complexity index is 1100. The highest BCUT2D eigenvalue weighted by atomic mass is 16.5. The molecule has 4 aromatic heterocycles. The summed E-state index contributed by atoms with van der Waals surface area (Å²) in [5.74, 6) is 2.00. The summed E-state index contributed by atoms with van der Waals surface area (Å²) >= 11 is 0. The van der Waals surface area contributed by atoms with Crippen molar-refractivity contribution >= 4 is 28.4 Å². The van der Waals surface area contributed by atoms with Gasteiger partial charge in [-0.25, -0.2) is 15.0 Å². The average Bonchev–Trinajstić information content (AvgIpc) is 3.39. The number of fused-ring (bicyclic) bond motifs is 2. The van der Waals surface area contributed by atoms with Gasteiger partial charge in [0.1, 0.15) is 18.5 Å². The molecular weight excluding hydrogens is 358 g/mol. The molecule has 0 N–H and O–H groups in total. The number of methoxy groups -OCH3 is 1. The molecule has 0 amide bonds. The fourth-order valence-electron chi connectivity index (χ4n) is 3.69.